The van der Waals surface area contributed by atoms with Crippen LogP contribution >= 0.6 is 0 Å². The molecule has 0 aliphatic rings. The number of aromatic nitrogens is 4. The number of hydrogen-bond acceptors (Lipinski definition) is 3. The summed E-state index contributed by atoms with van der Waals surface area (Å²) in [5.74, 6) is 0.634. The van der Waals surface area contributed by atoms with E-state index in [0.29, 0.717) is 5.95 Å². The van der Waals surface area contributed by atoms with Gasteiger partial charge in [-0.3, -0.25) is 4.57 Å². The van der Waals surface area contributed by atoms with Gasteiger partial charge in [0, 0.05) is 48.7 Å². The van der Waals surface area contributed by atoms with Crippen molar-refractivity contribution in [2.24, 2.45) is 0 Å². The normalized spacial score (nSPS) is 12.5. The van der Waals surface area contributed by atoms with Crippen LogP contribution in [0.2, 0.25) is 0 Å². The second kappa shape index (κ2) is 12.8. The van der Waals surface area contributed by atoms with E-state index in [2.05, 4.69) is 209 Å². The van der Waals surface area contributed by atoms with Crippen molar-refractivity contribution in [3.8, 4) is 22.9 Å². The highest BCUT2D eigenvalue weighted by Gasteiger charge is 2.24. The predicted octanol–water partition coefficient (Wildman–Crippen LogP) is 16.6. The highest BCUT2D eigenvalue weighted by molar-refractivity contribution is 6.41. The standard InChI is InChI=1S/C62H34N4O/c1-2-16-37-35(14-1)15-11-28-50(37)65-51-26-8-4-17-38(51)46-32-36(30-31-53(46)65)61-41-18-3-7-25-49(41)63-62(64-61)66-52-27-9-5-19-42(52)59-44-23-12-21-39-40-22-13-24-45-58(40)48(47(57(39)44)33-54(59)66)34-56-60(45)43-20-6-10-29-55(43)67-56/h1-34H. The number of furan rings is 1. The SMILES string of the molecule is c1ccc2c(-n3c4ccccc4c4cc(-c5nc(-n6c7ccccc7c7c8cccc9c%10cccc%11c%12c(cc(c(cc76)c98)c%10%11)oc6ccccc6%12)nc6ccccc56)ccc43)cccc2c1. The van der Waals surface area contributed by atoms with Gasteiger partial charge in [0.2, 0.25) is 5.95 Å². The van der Waals surface area contributed by atoms with Crippen LogP contribution in [0.5, 0.6) is 0 Å². The third kappa shape index (κ3) is 4.62. The molecule has 5 nitrogen and oxygen atoms in total. The Kier molecular flexibility index (Phi) is 6.75. The van der Waals surface area contributed by atoms with Crippen molar-refractivity contribution in [3.05, 3.63) is 206 Å². The van der Waals surface area contributed by atoms with Crippen LogP contribution in [0.4, 0.5) is 0 Å². The zero-order valence-electron chi connectivity index (χ0n) is 35.8. The Bertz CT molecular complexity index is 4810. The van der Waals surface area contributed by atoms with Crippen molar-refractivity contribution in [2.75, 3.05) is 0 Å². The number of nitrogens with zero attached hydrogens (tertiary/aromatic N) is 4. The largest absolute Gasteiger partial charge is 0.456 e. The van der Waals surface area contributed by atoms with Gasteiger partial charge >= 0.3 is 0 Å². The van der Waals surface area contributed by atoms with E-state index in [1.807, 2.05) is 6.07 Å². The van der Waals surface area contributed by atoms with Gasteiger partial charge in [-0.15, -0.1) is 0 Å². The summed E-state index contributed by atoms with van der Waals surface area (Å²) in [6, 6.07) is 74.6. The van der Waals surface area contributed by atoms with E-state index in [1.165, 1.54) is 86.6 Å². The lowest BCUT2D eigenvalue weighted by molar-refractivity contribution is 0.669. The fourth-order valence-electron chi connectivity index (χ4n) is 11.9. The summed E-state index contributed by atoms with van der Waals surface area (Å²) in [7, 11) is 0. The molecule has 0 amide bonds. The first kappa shape index (κ1) is 35.3. The average Bonchev–Trinajstić information content (AvgIpc) is 4.05. The van der Waals surface area contributed by atoms with Crippen LogP contribution in [0.3, 0.4) is 0 Å². The summed E-state index contributed by atoms with van der Waals surface area (Å²) in [5, 5.41) is 20.3. The summed E-state index contributed by atoms with van der Waals surface area (Å²) in [6.07, 6.45) is 0. The van der Waals surface area contributed by atoms with Crippen LogP contribution in [0.1, 0.15) is 0 Å². The molecule has 16 aromatic rings. The Morgan fingerprint density at radius 3 is 1.75 bits per heavy atom. The highest BCUT2D eigenvalue weighted by Crippen LogP contribution is 2.48. The van der Waals surface area contributed by atoms with E-state index in [0.717, 1.165) is 60.6 Å². The lowest BCUT2D eigenvalue weighted by Crippen LogP contribution is -2.03. The molecule has 16 rings (SSSR count). The molecule has 4 aromatic heterocycles. The second-order valence-corrected chi connectivity index (χ2v) is 18.0. The summed E-state index contributed by atoms with van der Waals surface area (Å²) in [4.78, 5) is 11.1. The molecule has 0 saturated carbocycles. The minimum atomic E-state index is 0.634. The molecule has 0 fully saturated rings. The van der Waals surface area contributed by atoms with Gasteiger partial charge in [-0.25, -0.2) is 9.97 Å². The molecule has 4 heterocycles. The van der Waals surface area contributed by atoms with E-state index >= 15 is 0 Å². The Morgan fingerprint density at radius 1 is 0.313 bits per heavy atom. The first-order valence-electron chi connectivity index (χ1n) is 22.9. The zero-order chi connectivity index (χ0) is 43.5. The van der Waals surface area contributed by atoms with Gasteiger partial charge in [-0.2, -0.15) is 0 Å². The van der Waals surface area contributed by atoms with Crippen LogP contribution in [0.25, 0.3) is 153 Å². The average molecular weight is 851 g/mol. The first-order chi connectivity index (χ1) is 33.2. The maximum absolute atomic E-state index is 6.64. The van der Waals surface area contributed by atoms with Crippen LogP contribution in [-0.4, -0.2) is 19.1 Å². The van der Waals surface area contributed by atoms with Crippen molar-refractivity contribution in [2.45, 2.75) is 0 Å². The van der Waals surface area contributed by atoms with Gasteiger partial charge in [0.05, 0.1) is 39.0 Å². The van der Waals surface area contributed by atoms with Gasteiger partial charge in [0.1, 0.15) is 11.2 Å². The topological polar surface area (TPSA) is 48.8 Å². The van der Waals surface area contributed by atoms with Crippen LogP contribution < -0.4 is 0 Å². The van der Waals surface area contributed by atoms with Crippen LogP contribution in [0, 0.1) is 0 Å². The van der Waals surface area contributed by atoms with Gasteiger partial charge in [0.15, 0.2) is 0 Å². The summed E-state index contributed by atoms with van der Waals surface area (Å²) in [5.41, 5.74) is 10.2. The molecule has 0 aliphatic heterocycles. The number of hydrogen-bond donors (Lipinski definition) is 0. The van der Waals surface area contributed by atoms with Crippen molar-refractivity contribution in [1.29, 1.82) is 0 Å². The number of rotatable bonds is 3. The number of fused-ring (bicyclic) bond motifs is 15. The summed E-state index contributed by atoms with van der Waals surface area (Å²) < 4.78 is 11.4. The number of benzene rings is 12. The molecular weight excluding hydrogens is 817 g/mol. The van der Waals surface area contributed by atoms with Crippen molar-refractivity contribution >= 4 is 130 Å². The molecule has 0 spiro atoms. The molecule has 0 unspecified atom stereocenters. The smallest absolute Gasteiger partial charge is 0.235 e. The first-order valence-corrected chi connectivity index (χ1v) is 22.9. The van der Waals surface area contributed by atoms with Gasteiger partial charge in [-0.05, 0) is 103 Å². The third-order valence-corrected chi connectivity index (χ3v) is 14.6. The van der Waals surface area contributed by atoms with Crippen molar-refractivity contribution in [3.63, 3.8) is 0 Å². The van der Waals surface area contributed by atoms with Crippen molar-refractivity contribution in [1.82, 2.24) is 19.1 Å². The minimum absolute atomic E-state index is 0.634. The molecule has 0 N–H and O–H groups in total. The highest BCUT2D eigenvalue weighted by atomic mass is 16.3. The Morgan fingerprint density at radius 2 is 0.910 bits per heavy atom. The fourth-order valence-corrected chi connectivity index (χ4v) is 11.9. The van der Waals surface area contributed by atoms with E-state index in [9.17, 15) is 0 Å². The molecule has 5 heteroatoms. The molecule has 0 aliphatic carbocycles. The summed E-state index contributed by atoms with van der Waals surface area (Å²) in [6.45, 7) is 0. The van der Waals surface area contributed by atoms with Crippen molar-refractivity contribution < 1.29 is 4.42 Å². The monoisotopic (exact) mass is 850 g/mol. The van der Waals surface area contributed by atoms with E-state index in [4.69, 9.17) is 14.4 Å². The number of para-hydroxylation sites is 4. The minimum Gasteiger partial charge on any atom is -0.456 e. The molecule has 67 heavy (non-hydrogen) atoms. The Hall–Kier alpha value is -9.06. The fraction of sp³-hybridized carbons (Fsp3) is 0. The van der Waals surface area contributed by atoms with Gasteiger partial charge < -0.3 is 8.98 Å². The second-order valence-electron chi connectivity index (χ2n) is 18.0. The lowest BCUT2D eigenvalue weighted by atomic mass is 9.87. The predicted molar refractivity (Wildman–Crippen MR) is 280 cm³/mol. The maximum Gasteiger partial charge on any atom is 0.235 e. The quantitative estimate of drug-likeness (QED) is 0.131. The lowest BCUT2D eigenvalue weighted by Gasteiger charge is -2.16. The van der Waals surface area contributed by atoms with E-state index in [1.54, 1.807) is 0 Å². The zero-order valence-corrected chi connectivity index (χ0v) is 35.8. The maximum atomic E-state index is 6.64. The molecule has 0 bridgehead atoms. The van der Waals surface area contributed by atoms with E-state index in [-0.39, 0.29) is 0 Å². The molecule has 308 valence electrons. The summed E-state index contributed by atoms with van der Waals surface area (Å²) >= 11 is 0. The Labute approximate surface area is 381 Å². The molecule has 0 atom stereocenters. The molecule has 0 radical (unpaired) electrons. The van der Waals surface area contributed by atoms with E-state index < -0.39 is 0 Å². The van der Waals surface area contributed by atoms with Gasteiger partial charge in [-0.1, -0.05) is 152 Å². The Balaban J connectivity index is 0.996. The van der Waals surface area contributed by atoms with Crippen LogP contribution in [-0.2, 0) is 0 Å². The molecular formula is C62H34N4O. The van der Waals surface area contributed by atoms with Crippen LogP contribution in [0.15, 0.2) is 211 Å². The molecule has 12 aromatic carbocycles. The van der Waals surface area contributed by atoms with Gasteiger partial charge in [0.25, 0.3) is 0 Å². The third-order valence-electron chi connectivity index (χ3n) is 14.6. The molecule has 0 saturated heterocycles.